The zero-order valence-electron chi connectivity index (χ0n) is 11.0. The lowest BCUT2D eigenvalue weighted by atomic mass is 10.0. The largest absolute Gasteiger partial charge is 0.478 e. The molecule has 0 unspecified atom stereocenters. The molecule has 0 fully saturated rings. The predicted octanol–water partition coefficient (Wildman–Crippen LogP) is 3.91. The third-order valence-corrected chi connectivity index (χ3v) is 3.31. The minimum absolute atomic E-state index is 0.278. The molecular formula is C17H13NO2. The Morgan fingerprint density at radius 1 is 1.00 bits per heavy atom. The molecule has 0 aliphatic carbocycles. The molecule has 98 valence electrons. The number of carboxylic acid groups (broad SMARTS) is 1. The van der Waals surface area contributed by atoms with Gasteiger partial charge in [0, 0.05) is 17.1 Å². The topological polar surface area (TPSA) is 50.2 Å². The van der Waals surface area contributed by atoms with Crippen molar-refractivity contribution in [2.24, 2.45) is 0 Å². The van der Waals surface area contributed by atoms with Crippen molar-refractivity contribution in [2.45, 2.75) is 6.92 Å². The number of rotatable bonds is 2. The molecule has 0 saturated heterocycles. The molecule has 0 amide bonds. The van der Waals surface area contributed by atoms with E-state index in [1.54, 1.807) is 18.2 Å². The Hall–Kier alpha value is -2.68. The molecule has 1 heterocycles. The molecule has 1 N–H and O–H groups in total. The summed E-state index contributed by atoms with van der Waals surface area (Å²) in [6.45, 7) is 2.04. The second kappa shape index (κ2) is 4.78. The molecular weight excluding hydrogens is 250 g/mol. The van der Waals surface area contributed by atoms with Crippen LogP contribution in [0.1, 0.15) is 15.9 Å². The van der Waals surface area contributed by atoms with E-state index < -0.39 is 5.97 Å². The van der Waals surface area contributed by atoms with Crippen molar-refractivity contribution in [1.29, 1.82) is 0 Å². The second-order valence-electron chi connectivity index (χ2n) is 4.80. The van der Waals surface area contributed by atoms with Gasteiger partial charge in [-0.15, -0.1) is 0 Å². The minimum Gasteiger partial charge on any atom is -0.478 e. The first-order valence-electron chi connectivity index (χ1n) is 6.33. The van der Waals surface area contributed by atoms with Crippen molar-refractivity contribution in [3.63, 3.8) is 0 Å². The van der Waals surface area contributed by atoms with Crippen molar-refractivity contribution >= 4 is 16.9 Å². The number of carboxylic acids is 1. The summed E-state index contributed by atoms with van der Waals surface area (Å²) in [5.41, 5.74) is 4.34. The maximum absolute atomic E-state index is 11.0. The maximum atomic E-state index is 11.0. The highest BCUT2D eigenvalue weighted by Crippen LogP contribution is 2.23. The molecule has 2 aromatic carbocycles. The second-order valence-corrected chi connectivity index (χ2v) is 4.80. The first-order valence-corrected chi connectivity index (χ1v) is 6.33. The molecule has 1 aromatic heterocycles. The van der Waals surface area contributed by atoms with Gasteiger partial charge in [-0.25, -0.2) is 4.79 Å². The first-order chi connectivity index (χ1) is 9.63. The van der Waals surface area contributed by atoms with Gasteiger partial charge in [0.25, 0.3) is 0 Å². The average molecular weight is 263 g/mol. The van der Waals surface area contributed by atoms with Crippen molar-refractivity contribution < 1.29 is 9.90 Å². The normalized spacial score (nSPS) is 10.7. The highest BCUT2D eigenvalue weighted by Gasteiger charge is 2.06. The lowest BCUT2D eigenvalue weighted by Crippen LogP contribution is -1.95. The van der Waals surface area contributed by atoms with Gasteiger partial charge in [-0.05, 0) is 36.8 Å². The third kappa shape index (κ3) is 2.26. The molecule has 0 bridgehead atoms. The number of aromatic nitrogens is 1. The van der Waals surface area contributed by atoms with Crippen LogP contribution < -0.4 is 0 Å². The number of aryl methyl sites for hydroxylation is 1. The van der Waals surface area contributed by atoms with E-state index >= 15 is 0 Å². The Kier molecular flexibility index (Phi) is 2.95. The summed E-state index contributed by atoms with van der Waals surface area (Å²) in [6, 6.07) is 15.1. The number of hydrogen-bond acceptors (Lipinski definition) is 2. The van der Waals surface area contributed by atoms with Gasteiger partial charge in [0.2, 0.25) is 0 Å². The Morgan fingerprint density at radius 2 is 1.75 bits per heavy atom. The fraction of sp³-hybridized carbons (Fsp3) is 0.0588. The summed E-state index contributed by atoms with van der Waals surface area (Å²) in [7, 11) is 0. The van der Waals surface area contributed by atoms with E-state index in [-0.39, 0.29) is 5.56 Å². The van der Waals surface area contributed by atoms with E-state index in [0.29, 0.717) is 0 Å². The van der Waals surface area contributed by atoms with Crippen LogP contribution >= 0.6 is 0 Å². The van der Waals surface area contributed by atoms with Crippen molar-refractivity contribution in [1.82, 2.24) is 4.98 Å². The minimum atomic E-state index is -0.923. The molecule has 0 aliphatic heterocycles. The highest BCUT2D eigenvalue weighted by atomic mass is 16.4. The lowest BCUT2D eigenvalue weighted by Gasteiger charge is -2.05. The molecule has 0 saturated carbocycles. The molecule has 3 nitrogen and oxygen atoms in total. The van der Waals surface area contributed by atoms with E-state index in [1.165, 1.54) is 5.56 Å². The van der Waals surface area contributed by atoms with Crippen molar-refractivity contribution in [3.8, 4) is 11.1 Å². The fourth-order valence-corrected chi connectivity index (χ4v) is 2.17. The van der Waals surface area contributed by atoms with Crippen LogP contribution in [0.15, 0.2) is 54.7 Å². The van der Waals surface area contributed by atoms with Crippen LogP contribution in [0.5, 0.6) is 0 Å². The van der Waals surface area contributed by atoms with Crippen molar-refractivity contribution in [2.75, 3.05) is 0 Å². The Bertz CT molecular complexity index is 792. The van der Waals surface area contributed by atoms with Gasteiger partial charge in [-0.2, -0.15) is 0 Å². The predicted molar refractivity (Wildman–Crippen MR) is 78.9 cm³/mol. The Balaban J connectivity index is 2.13. The van der Waals surface area contributed by atoms with Gasteiger partial charge in [-0.1, -0.05) is 29.8 Å². The molecule has 0 spiro atoms. The Morgan fingerprint density at radius 3 is 2.45 bits per heavy atom. The highest BCUT2D eigenvalue weighted by molar-refractivity contribution is 5.94. The molecule has 20 heavy (non-hydrogen) atoms. The number of pyridine rings is 1. The first kappa shape index (κ1) is 12.4. The standard InChI is InChI=1S/C17H13NO2/c1-11-2-4-12(5-3-11)15-9-14-8-13(17(19)20)6-7-16(14)18-10-15/h2-10H,1H3,(H,19,20). The van der Waals surface area contributed by atoms with Gasteiger partial charge < -0.3 is 5.11 Å². The van der Waals surface area contributed by atoms with Gasteiger partial charge >= 0.3 is 5.97 Å². The maximum Gasteiger partial charge on any atom is 0.335 e. The molecule has 3 rings (SSSR count). The fourth-order valence-electron chi connectivity index (χ4n) is 2.17. The molecule has 3 aromatic rings. The number of hydrogen-bond donors (Lipinski definition) is 1. The smallest absolute Gasteiger partial charge is 0.335 e. The van der Waals surface area contributed by atoms with Gasteiger partial charge in [-0.3, -0.25) is 4.98 Å². The lowest BCUT2D eigenvalue weighted by molar-refractivity contribution is 0.0697. The quantitative estimate of drug-likeness (QED) is 0.762. The summed E-state index contributed by atoms with van der Waals surface area (Å²) in [6.07, 6.45) is 1.81. The van der Waals surface area contributed by atoms with Crippen LogP contribution in [-0.4, -0.2) is 16.1 Å². The molecule has 3 heteroatoms. The zero-order chi connectivity index (χ0) is 14.1. The summed E-state index contributed by atoms with van der Waals surface area (Å²) in [5, 5.41) is 9.88. The monoisotopic (exact) mass is 263 g/mol. The molecule has 0 atom stereocenters. The Labute approximate surface area is 116 Å². The van der Waals surface area contributed by atoms with E-state index in [4.69, 9.17) is 5.11 Å². The number of nitrogens with zero attached hydrogens (tertiary/aromatic N) is 1. The van der Waals surface area contributed by atoms with Gasteiger partial charge in [0.05, 0.1) is 11.1 Å². The number of aromatic carboxylic acids is 1. The van der Waals surface area contributed by atoms with Crippen LogP contribution in [0.3, 0.4) is 0 Å². The van der Waals surface area contributed by atoms with Crippen LogP contribution in [0.25, 0.3) is 22.0 Å². The van der Waals surface area contributed by atoms with Crippen molar-refractivity contribution in [3.05, 3.63) is 65.9 Å². The summed E-state index contributed by atoms with van der Waals surface area (Å²) < 4.78 is 0. The van der Waals surface area contributed by atoms with E-state index in [1.807, 2.05) is 43.5 Å². The van der Waals surface area contributed by atoms with Crippen LogP contribution in [0, 0.1) is 6.92 Å². The van der Waals surface area contributed by atoms with E-state index in [0.717, 1.165) is 22.0 Å². The zero-order valence-corrected chi connectivity index (χ0v) is 11.0. The third-order valence-electron chi connectivity index (χ3n) is 3.31. The average Bonchev–Trinajstić information content (AvgIpc) is 2.47. The van der Waals surface area contributed by atoms with Crippen LogP contribution in [-0.2, 0) is 0 Å². The summed E-state index contributed by atoms with van der Waals surface area (Å²) >= 11 is 0. The SMILES string of the molecule is Cc1ccc(-c2cnc3ccc(C(=O)O)cc3c2)cc1. The van der Waals surface area contributed by atoms with Gasteiger partial charge in [0.1, 0.15) is 0 Å². The van der Waals surface area contributed by atoms with E-state index in [2.05, 4.69) is 4.98 Å². The molecule has 0 radical (unpaired) electrons. The summed E-state index contributed by atoms with van der Waals surface area (Å²) in [4.78, 5) is 15.4. The molecule has 0 aliphatic rings. The van der Waals surface area contributed by atoms with Gasteiger partial charge in [0.15, 0.2) is 0 Å². The summed E-state index contributed by atoms with van der Waals surface area (Å²) in [5.74, 6) is -0.923. The number of fused-ring (bicyclic) bond motifs is 1. The van der Waals surface area contributed by atoms with Crippen LogP contribution in [0.4, 0.5) is 0 Å². The number of carbonyl (C=O) groups is 1. The van der Waals surface area contributed by atoms with Crippen LogP contribution in [0.2, 0.25) is 0 Å². The number of benzene rings is 2. The van der Waals surface area contributed by atoms with E-state index in [9.17, 15) is 4.79 Å².